The van der Waals surface area contributed by atoms with Gasteiger partial charge in [-0.15, -0.1) is 0 Å². The molecule has 2 aromatic rings. The molecular weight excluding hydrogens is 354 g/mol. The third-order valence-corrected chi connectivity index (χ3v) is 5.52. The smallest absolute Gasteiger partial charge is 0.247 e. The first-order valence-corrected chi connectivity index (χ1v) is 10.0. The number of hydrogen-bond acceptors (Lipinski definition) is 4. The van der Waals surface area contributed by atoms with Crippen molar-refractivity contribution in [3.8, 4) is 11.5 Å². The van der Waals surface area contributed by atoms with Crippen molar-refractivity contribution >= 4 is 5.91 Å². The number of likely N-dealkylation sites (tertiary alicyclic amines) is 1. The summed E-state index contributed by atoms with van der Waals surface area (Å²) in [5, 5.41) is 4.60. The Hall–Kier alpha value is -2.50. The molecule has 0 spiro atoms. The fourth-order valence-corrected chi connectivity index (χ4v) is 4.22. The second-order valence-corrected chi connectivity index (χ2v) is 7.47. The SMILES string of the molecule is CCCC(C(=O)N1CCCC1c1ccc(OC)cc1OC)n1nc(C)cc1C. The van der Waals surface area contributed by atoms with E-state index in [0.29, 0.717) is 0 Å². The molecule has 0 saturated carbocycles. The molecule has 1 aromatic carbocycles. The summed E-state index contributed by atoms with van der Waals surface area (Å²) in [7, 11) is 3.30. The van der Waals surface area contributed by atoms with E-state index in [1.165, 1.54) is 0 Å². The summed E-state index contributed by atoms with van der Waals surface area (Å²) in [6.07, 6.45) is 3.63. The number of aryl methyl sites for hydroxylation is 2. The summed E-state index contributed by atoms with van der Waals surface area (Å²) in [4.78, 5) is 15.6. The van der Waals surface area contributed by atoms with Gasteiger partial charge in [-0.3, -0.25) is 9.48 Å². The van der Waals surface area contributed by atoms with E-state index in [0.717, 1.165) is 60.7 Å². The van der Waals surface area contributed by atoms with Crippen molar-refractivity contribution in [2.45, 2.75) is 58.5 Å². The van der Waals surface area contributed by atoms with E-state index < -0.39 is 0 Å². The molecule has 28 heavy (non-hydrogen) atoms. The highest BCUT2D eigenvalue weighted by Crippen LogP contribution is 2.40. The quantitative estimate of drug-likeness (QED) is 0.716. The van der Waals surface area contributed by atoms with Crippen LogP contribution < -0.4 is 9.47 Å². The Morgan fingerprint density at radius 1 is 1.25 bits per heavy atom. The molecular formula is C22H31N3O3. The van der Waals surface area contributed by atoms with Crippen molar-refractivity contribution in [2.24, 2.45) is 0 Å². The first-order valence-electron chi connectivity index (χ1n) is 10.0. The lowest BCUT2D eigenvalue weighted by Crippen LogP contribution is -2.37. The van der Waals surface area contributed by atoms with Crippen LogP contribution in [0, 0.1) is 13.8 Å². The van der Waals surface area contributed by atoms with Crippen LogP contribution in [0.25, 0.3) is 0 Å². The van der Waals surface area contributed by atoms with E-state index >= 15 is 0 Å². The van der Waals surface area contributed by atoms with Crippen LogP contribution in [-0.2, 0) is 4.79 Å². The van der Waals surface area contributed by atoms with E-state index in [-0.39, 0.29) is 18.0 Å². The minimum Gasteiger partial charge on any atom is -0.497 e. The summed E-state index contributed by atoms with van der Waals surface area (Å²) >= 11 is 0. The molecule has 2 heterocycles. The minimum atomic E-state index is -0.261. The number of benzene rings is 1. The van der Waals surface area contributed by atoms with E-state index in [1.54, 1.807) is 14.2 Å². The van der Waals surface area contributed by atoms with Gasteiger partial charge in [0.05, 0.1) is 26.0 Å². The lowest BCUT2D eigenvalue weighted by atomic mass is 10.0. The normalized spacial score (nSPS) is 17.6. The number of carbonyl (C=O) groups is 1. The standard InChI is InChI=1S/C22H31N3O3/c1-6-8-20(25-16(3)13-15(2)23-25)22(26)24-12-7-9-19(24)18-11-10-17(27-4)14-21(18)28-5/h10-11,13-14,19-20H,6-9,12H2,1-5H3. The van der Waals surface area contributed by atoms with Crippen LogP contribution in [0.2, 0.25) is 0 Å². The molecule has 2 atom stereocenters. The minimum absolute atomic E-state index is 0.0182. The van der Waals surface area contributed by atoms with Gasteiger partial charge < -0.3 is 14.4 Å². The number of amides is 1. The number of carbonyl (C=O) groups excluding carboxylic acids is 1. The molecule has 152 valence electrons. The predicted octanol–water partition coefficient (Wildman–Crippen LogP) is 4.22. The van der Waals surface area contributed by atoms with Gasteiger partial charge in [0.2, 0.25) is 5.91 Å². The third-order valence-electron chi connectivity index (χ3n) is 5.52. The Morgan fingerprint density at radius 2 is 2.04 bits per heavy atom. The van der Waals surface area contributed by atoms with Crippen LogP contribution >= 0.6 is 0 Å². The molecule has 6 nitrogen and oxygen atoms in total. The van der Waals surface area contributed by atoms with E-state index in [1.807, 2.05) is 47.7 Å². The topological polar surface area (TPSA) is 56.6 Å². The van der Waals surface area contributed by atoms with Gasteiger partial charge in [-0.1, -0.05) is 13.3 Å². The molecule has 3 rings (SSSR count). The van der Waals surface area contributed by atoms with Crippen LogP contribution in [0.5, 0.6) is 11.5 Å². The number of nitrogens with zero attached hydrogens (tertiary/aromatic N) is 3. The third kappa shape index (κ3) is 3.86. The summed E-state index contributed by atoms with van der Waals surface area (Å²) in [6, 6.07) is 7.63. The highest BCUT2D eigenvalue weighted by molar-refractivity contribution is 5.81. The molecule has 1 aliphatic rings. The average Bonchev–Trinajstić information content (AvgIpc) is 3.31. The van der Waals surface area contributed by atoms with Crippen molar-refractivity contribution in [2.75, 3.05) is 20.8 Å². The Balaban J connectivity index is 1.92. The van der Waals surface area contributed by atoms with Crippen LogP contribution in [0.15, 0.2) is 24.3 Å². The van der Waals surface area contributed by atoms with Crippen molar-refractivity contribution in [1.29, 1.82) is 0 Å². The fourth-order valence-electron chi connectivity index (χ4n) is 4.22. The molecule has 1 aliphatic heterocycles. The molecule has 1 fully saturated rings. The maximum Gasteiger partial charge on any atom is 0.247 e. The first kappa shape index (κ1) is 20.2. The first-order chi connectivity index (χ1) is 13.5. The monoisotopic (exact) mass is 385 g/mol. The van der Waals surface area contributed by atoms with Crippen LogP contribution in [0.1, 0.15) is 61.6 Å². The zero-order chi connectivity index (χ0) is 20.3. The maximum absolute atomic E-state index is 13.6. The molecule has 0 N–H and O–H groups in total. The van der Waals surface area contributed by atoms with Crippen molar-refractivity contribution < 1.29 is 14.3 Å². The number of rotatable bonds is 7. The van der Waals surface area contributed by atoms with Gasteiger partial charge in [0.15, 0.2) is 0 Å². The van der Waals surface area contributed by atoms with Gasteiger partial charge in [0.25, 0.3) is 0 Å². The fraction of sp³-hybridized carbons (Fsp3) is 0.545. The number of hydrogen-bond donors (Lipinski definition) is 0. The molecule has 1 saturated heterocycles. The average molecular weight is 386 g/mol. The Morgan fingerprint density at radius 3 is 2.64 bits per heavy atom. The van der Waals surface area contributed by atoms with Gasteiger partial charge >= 0.3 is 0 Å². The van der Waals surface area contributed by atoms with Gasteiger partial charge in [-0.05, 0) is 51.3 Å². The molecule has 0 bridgehead atoms. The van der Waals surface area contributed by atoms with Gasteiger partial charge in [0, 0.05) is 23.9 Å². The lowest BCUT2D eigenvalue weighted by Gasteiger charge is -2.30. The van der Waals surface area contributed by atoms with Crippen molar-refractivity contribution in [3.05, 3.63) is 41.2 Å². The second-order valence-electron chi connectivity index (χ2n) is 7.47. The van der Waals surface area contributed by atoms with Gasteiger partial charge in [0.1, 0.15) is 17.5 Å². The molecule has 0 aliphatic carbocycles. The summed E-state index contributed by atoms with van der Waals surface area (Å²) < 4.78 is 12.8. The number of methoxy groups -OCH3 is 2. The van der Waals surface area contributed by atoms with Crippen LogP contribution in [0.4, 0.5) is 0 Å². The molecule has 1 aromatic heterocycles. The number of ether oxygens (including phenoxy) is 2. The lowest BCUT2D eigenvalue weighted by molar-refractivity contribution is -0.136. The molecule has 0 radical (unpaired) electrons. The summed E-state index contributed by atoms with van der Waals surface area (Å²) in [5.41, 5.74) is 3.01. The summed E-state index contributed by atoms with van der Waals surface area (Å²) in [6.45, 7) is 6.86. The van der Waals surface area contributed by atoms with Crippen LogP contribution in [-0.4, -0.2) is 41.4 Å². The van der Waals surface area contributed by atoms with Gasteiger partial charge in [-0.25, -0.2) is 0 Å². The number of aromatic nitrogens is 2. The second kappa shape index (κ2) is 8.67. The summed E-state index contributed by atoms with van der Waals surface area (Å²) in [5.74, 6) is 1.67. The Labute approximate surface area is 167 Å². The molecule has 2 unspecified atom stereocenters. The zero-order valence-corrected chi connectivity index (χ0v) is 17.6. The van der Waals surface area contributed by atoms with Gasteiger partial charge in [-0.2, -0.15) is 5.10 Å². The molecule has 6 heteroatoms. The van der Waals surface area contributed by atoms with Crippen LogP contribution in [0.3, 0.4) is 0 Å². The molecule has 1 amide bonds. The van der Waals surface area contributed by atoms with E-state index in [2.05, 4.69) is 12.0 Å². The predicted molar refractivity (Wildman–Crippen MR) is 109 cm³/mol. The Kier molecular flexibility index (Phi) is 6.27. The van der Waals surface area contributed by atoms with Crippen molar-refractivity contribution in [3.63, 3.8) is 0 Å². The van der Waals surface area contributed by atoms with E-state index in [9.17, 15) is 4.79 Å². The largest absolute Gasteiger partial charge is 0.497 e. The maximum atomic E-state index is 13.6. The highest BCUT2D eigenvalue weighted by Gasteiger charge is 2.36. The Bertz CT molecular complexity index is 830. The van der Waals surface area contributed by atoms with Crippen molar-refractivity contribution in [1.82, 2.24) is 14.7 Å². The van der Waals surface area contributed by atoms with E-state index in [4.69, 9.17) is 9.47 Å². The zero-order valence-electron chi connectivity index (χ0n) is 17.6. The highest BCUT2D eigenvalue weighted by atomic mass is 16.5.